The van der Waals surface area contributed by atoms with Crippen LogP contribution in [0.15, 0.2) is 108 Å². The molecule has 0 spiro atoms. The van der Waals surface area contributed by atoms with Crippen molar-refractivity contribution >= 4 is 30.0 Å². The Labute approximate surface area is 248 Å². The molecule has 0 bridgehead atoms. The highest BCUT2D eigenvalue weighted by Crippen LogP contribution is 2.26. The zero-order valence-corrected chi connectivity index (χ0v) is 23.3. The van der Waals surface area contributed by atoms with Crippen LogP contribution in [-0.2, 0) is 4.79 Å². The standard InChI is InChI=1S/C33H29N3O7/c1-2-19-41-27-16-13-23(14-17-27)31(38)34-22-30(37)36-35-21-26-15-18-28(42-32(39)24-9-5-3-6-10-24)20-29(26)43-33(40)25-11-7-4-8-12-25/h3-18,20-21H,2,19,22H2,1H3,(H,34,38)(H,36,37). The van der Waals surface area contributed by atoms with Crippen LogP contribution in [0.4, 0.5) is 0 Å². The van der Waals surface area contributed by atoms with Crippen molar-refractivity contribution in [1.29, 1.82) is 0 Å². The van der Waals surface area contributed by atoms with E-state index in [1.54, 1.807) is 84.9 Å². The molecule has 0 aliphatic carbocycles. The molecule has 0 radical (unpaired) electrons. The molecule has 0 unspecified atom stereocenters. The van der Waals surface area contributed by atoms with Crippen LogP contribution >= 0.6 is 0 Å². The van der Waals surface area contributed by atoms with E-state index >= 15 is 0 Å². The van der Waals surface area contributed by atoms with Gasteiger partial charge in [0.1, 0.15) is 17.2 Å². The predicted molar refractivity (Wildman–Crippen MR) is 160 cm³/mol. The van der Waals surface area contributed by atoms with Gasteiger partial charge < -0.3 is 19.5 Å². The van der Waals surface area contributed by atoms with Crippen LogP contribution in [0.1, 0.15) is 50.0 Å². The molecule has 0 aromatic heterocycles. The summed E-state index contributed by atoms with van der Waals surface area (Å²) in [7, 11) is 0. The summed E-state index contributed by atoms with van der Waals surface area (Å²) in [6.07, 6.45) is 2.14. The van der Waals surface area contributed by atoms with E-state index in [1.807, 2.05) is 6.92 Å². The second-order valence-electron chi connectivity index (χ2n) is 9.06. The van der Waals surface area contributed by atoms with Crippen molar-refractivity contribution in [1.82, 2.24) is 10.7 Å². The normalized spacial score (nSPS) is 10.5. The molecule has 2 amide bonds. The Hall–Kier alpha value is -5.77. The van der Waals surface area contributed by atoms with Gasteiger partial charge in [0.2, 0.25) is 0 Å². The lowest BCUT2D eigenvalue weighted by molar-refractivity contribution is -0.120. The summed E-state index contributed by atoms with van der Waals surface area (Å²) in [5.74, 6) is -1.40. The zero-order valence-electron chi connectivity index (χ0n) is 23.3. The fraction of sp³-hybridized carbons (Fsp3) is 0.121. The van der Waals surface area contributed by atoms with Gasteiger partial charge in [-0.15, -0.1) is 0 Å². The first-order chi connectivity index (χ1) is 20.9. The van der Waals surface area contributed by atoms with Gasteiger partial charge in [-0.1, -0.05) is 43.3 Å². The lowest BCUT2D eigenvalue weighted by Crippen LogP contribution is -2.34. The molecule has 0 saturated heterocycles. The number of rotatable bonds is 12. The largest absolute Gasteiger partial charge is 0.494 e. The first kappa shape index (κ1) is 30.2. The fourth-order valence-corrected chi connectivity index (χ4v) is 3.64. The van der Waals surface area contributed by atoms with Crippen molar-refractivity contribution in [3.63, 3.8) is 0 Å². The number of nitrogens with zero attached hydrogens (tertiary/aromatic N) is 1. The Morgan fingerprint density at radius 1 is 0.721 bits per heavy atom. The Morgan fingerprint density at radius 2 is 1.33 bits per heavy atom. The molecule has 4 aromatic carbocycles. The molecule has 43 heavy (non-hydrogen) atoms. The molecule has 218 valence electrons. The second kappa shape index (κ2) is 15.3. The number of ether oxygens (including phenoxy) is 3. The molecule has 0 aliphatic heterocycles. The van der Waals surface area contributed by atoms with Gasteiger partial charge in [0.15, 0.2) is 0 Å². The number of carbonyl (C=O) groups excluding carboxylic acids is 4. The van der Waals surface area contributed by atoms with Crippen LogP contribution in [0.25, 0.3) is 0 Å². The van der Waals surface area contributed by atoms with Gasteiger partial charge in [-0.05, 0) is 67.1 Å². The van der Waals surface area contributed by atoms with Gasteiger partial charge in [0.05, 0.1) is 30.5 Å². The third-order valence-electron chi connectivity index (χ3n) is 5.81. The van der Waals surface area contributed by atoms with Crippen molar-refractivity contribution < 1.29 is 33.4 Å². The van der Waals surface area contributed by atoms with Crippen molar-refractivity contribution in [2.45, 2.75) is 13.3 Å². The molecule has 10 nitrogen and oxygen atoms in total. The third-order valence-corrected chi connectivity index (χ3v) is 5.81. The third kappa shape index (κ3) is 9.12. The first-order valence-corrected chi connectivity index (χ1v) is 13.4. The molecule has 10 heteroatoms. The van der Waals surface area contributed by atoms with Crippen LogP contribution < -0.4 is 25.0 Å². The number of carbonyl (C=O) groups is 4. The Morgan fingerprint density at radius 3 is 1.95 bits per heavy atom. The molecule has 4 rings (SSSR count). The van der Waals surface area contributed by atoms with E-state index < -0.39 is 23.8 Å². The fourth-order valence-electron chi connectivity index (χ4n) is 3.64. The quantitative estimate of drug-likeness (QED) is 0.107. The van der Waals surface area contributed by atoms with Crippen molar-refractivity contribution in [2.24, 2.45) is 5.10 Å². The molecule has 0 fully saturated rings. The highest BCUT2D eigenvalue weighted by molar-refractivity contribution is 5.97. The number of amides is 2. The number of benzene rings is 4. The van der Waals surface area contributed by atoms with Crippen molar-refractivity contribution in [3.05, 3.63) is 125 Å². The summed E-state index contributed by atoms with van der Waals surface area (Å²) in [6, 6.07) is 27.8. The maximum absolute atomic E-state index is 12.7. The molecule has 0 heterocycles. The molecule has 2 N–H and O–H groups in total. The smallest absolute Gasteiger partial charge is 0.343 e. The highest BCUT2D eigenvalue weighted by atomic mass is 16.5. The minimum absolute atomic E-state index is 0.0462. The summed E-state index contributed by atoms with van der Waals surface area (Å²) < 4.78 is 16.5. The van der Waals surface area contributed by atoms with E-state index in [2.05, 4.69) is 15.8 Å². The summed E-state index contributed by atoms with van der Waals surface area (Å²) in [5.41, 5.74) is 3.67. The molecule has 0 aliphatic rings. The first-order valence-electron chi connectivity index (χ1n) is 13.4. The minimum Gasteiger partial charge on any atom is -0.494 e. The molecule has 0 atom stereocenters. The Kier molecular flexibility index (Phi) is 10.7. The monoisotopic (exact) mass is 579 g/mol. The molecular weight excluding hydrogens is 550 g/mol. The summed E-state index contributed by atoms with van der Waals surface area (Å²) in [5, 5.41) is 6.44. The van der Waals surface area contributed by atoms with Crippen LogP contribution in [0, 0.1) is 0 Å². The van der Waals surface area contributed by atoms with Crippen LogP contribution in [0.5, 0.6) is 17.2 Å². The van der Waals surface area contributed by atoms with E-state index in [4.69, 9.17) is 14.2 Å². The number of hydrogen-bond donors (Lipinski definition) is 2. The Balaban J connectivity index is 1.39. The number of hydrogen-bond acceptors (Lipinski definition) is 8. The SMILES string of the molecule is CCCOc1ccc(C(=O)NCC(=O)NN=Cc2ccc(OC(=O)c3ccccc3)cc2OC(=O)c2ccccc2)cc1. The van der Waals surface area contributed by atoms with E-state index in [-0.39, 0.29) is 18.0 Å². The van der Waals surface area contributed by atoms with Crippen molar-refractivity contribution in [3.8, 4) is 17.2 Å². The minimum atomic E-state index is -0.640. The molecule has 4 aromatic rings. The van der Waals surface area contributed by atoms with Gasteiger partial charge in [-0.3, -0.25) is 9.59 Å². The van der Waals surface area contributed by atoms with E-state index in [0.29, 0.717) is 34.6 Å². The lowest BCUT2D eigenvalue weighted by atomic mass is 10.2. The van der Waals surface area contributed by atoms with E-state index in [9.17, 15) is 19.2 Å². The summed E-state index contributed by atoms with van der Waals surface area (Å²) in [6.45, 7) is 2.25. The highest BCUT2D eigenvalue weighted by Gasteiger charge is 2.15. The van der Waals surface area contributed by atoms with Gasteiger partial charge in [-0.25, -0.2) is 15.0 Å². The summed E-state index contributed by atoms with van der Waals surface area (Å²) in [4.78, 5) is 49.9. The predicted octanol–water partition coefficient (Wildman–Crippen LogP) is 4.79. The van der Waals surface area contributed by atoms with Crippen LogP contribution in [-0.4, -0.2) is 43.1 Å². The van der Waals surface area contributed by atoms with E-state index in [1.165, 1.54) is 24.4 Å². The van der Waals surface area contributed by atoms with Gasteiger partial charge in [0.25, 0.3) is 11.8 Å². The number of hydrazone groups is 1. The maximum atomic E-state index is 12.7. The zero-order chi connectivity index (χ0) is 30.4. The number of nitrogens with one attached hydrogen (secondary N) is 2. The average molecular weight is 580 g/mol. The lowest BCUT2D eigenvalue weighted by Gasteiger charge is -2.11. The average Bonchev–Trinajstić information content (AvgIpc) is 3.04. The molecular formula is C33H29N3O7. The van der Waals surface area contributed by atoms with Gasteiger partial charge in [-0.2, -0.15) is 5.10 Å². The maximum Gasteiger partial charge on any atom is 0.343 e. The van der Waals surface area contributed by atoms with Crippen LogP contribution in [0.2, 0.25) is 0 Å². The van der Waals surface area contributed by atoms with Gasteiger partial charge >= 0.3 is 11.9 Å². The van der Waals surface area contributed by atoms with Gasteiger partial charge in [0, 0.05) is 17.2 Å². The Bertz CT molecular complexity index is 1590. The molecule has 0 saturated carbocycles. The van der Waals surface area contributed by atoms with Crippen LogP contribution in [0.3, 0.4) is 0 Å². The topological polar surface area (TPSA) is 132 Å². The number of esters is 2. The summed E-state index contributed by atoms with van der Waals surface area (Å²) >= 11 is 0. The van der Waals surface area contributed by atoms with Crippen molar-refractivity contribution in [2.75, 3.05) is 13.2 Å². The van der Waals surface area contributed by atoms with E-state index in [0.717, 1.165) is 6.42 Å². The second-order valence-corrected chi connectivity index (χ2v) is 9.06.